The van der Waals surface area contributed by atoms with Gasteiger partial charge in [-0.1, -0.05) is 0 Å². The Hall–Kier alpha value is -2.51. The maximum Gasteiger partial charge on any atom is 0.331 e. The van der Waals surface area contributed by atoms with E-state index in [0.29, 0.717) is 10.6 Å². The van der Waals surface area contributed by atoms with Gasteiger partial charge < -0.3 is 5.11 Å². The Balaban J connectivity index is 2.30. The van der Waals surface area contributed by atoms with Crippen LogP contribution in [-0.4, -0.2) is 14.7 Å². The predicted octanol–water partition coefficient (Wildman–Crippen LogP) is 0.902. The molecule has 2 rings (SSSR count). The van der Waals surface area contributed by atoms with E-state index in [9.17, 15) is 27.9 Å². The van der Waals surface area contributed by atoms with Gasteiger partial charge in [0.1, 0.15) is 11.6 Å². The molecule has 0 aliphatic carbocycles. The Morgan fingerprint density at radius 2 is 1.70 bits per heavy atom. The molecule has 0 spiro atoms. The van der Waals surface area contributed by atoms with Gasteiger partial charge in [-0.15, -0.1) is 0 Å². The zero-order chi connectivity index (χ0) is 14.9. The predicted molar refractivity (Wildman–Crippen MR) is 63.0 cm³/mol. The first-order valence-electron chi connectivity index (χ1n) is 5.55. The number of aryl methyl sites for hydroxylation is 1. The van der Waals surface area contributed by atoms with Crippen LogP contribution in [-0.2, 0) is 13.0 Å². The molecule has 2 aromatic rings. The first-order valence-corrected chi connectivity index (χ1v) is 5.55. The van der Waals surface area contributed by atoms with Gasteiger partial charge in [-0.2, -0.15) is 4.39 Å². The lowest BCUT2D eigenvalue weighted by molar-refractivity contribution is 0.360. The molecule has 1 aromatic carbocycles. The number of H-pyrrole nitrogens is 1. The topological polar surface area (TPSA) is 75.1 Å². The average Bonchev–Trinajstić information content (AvgIpc) is 2.35. The lowest BCUT2D eigenvalue weighted by Gasteiger charge is -2.08. The molecule has 0 fully saturated rings. The highest BCUT2D eigenvalue weighted by molar-refractivity contribution is 5.18. The van der Waals surface area contributed by atoms with Crippen LogP contribution in [0.25, 0.3) is 0 Å². The van der Waals surface area contributed by atoms with Crippen molar-refractivity contribution in [1.29, 1.82) is 0 Å². The van der Waals surface area contributed by atoms with Crippen molar-refractivity contribution in [2.45, 2.75) is 13.0 Å². The Kier molecular flexibility index (Phi) is 3.64. The molecule has 0 atom stereocenters. The fourth-order valence-electron chi connectivity index (χ4n) is 1.74. The van der Waals surface area contributed by atoms with Gasteiger partial charge in [0.15, 0.2) is 0 Å². The lowest BCUT2D eigenvalue weighted by atomic mass is 10.1. The Morgan fingerprint density at radius 1 is 1.10 bits per heavy atom. The minimum absolute atomic E-state index is 0.0341. The second-order valence-electron chi connectivity index (χ2n) is 4.08. The van der Waals surface area contributed by atoms with Crippen LogP contribution >= 0.6 is 0 Å². The third-order valence-corrected chi connectivity index (χ3v) is 2.66. The number of aromatic amines is 1. The van der Waals surface area contributed by atoms with E-state index < -0.39 is 34.6 Å². The van der Waals surface area contributed by atoms with E-state index in [0.717, 1.165) is 12.1 Å². The summed E-state index contributed by atoms with van der Waals surface area (Å²) in [6.45, 7) is -0.249. The molecule has 0 radical (unpaired) electrons. The minimum atomic E-state index is -1.49. The number of rotatable bonds is 3. The van der Waals surface area contributed by atoms with Crippen molar-refractivity contribution >= 4 is 0 Å². The van der Waals surface area contributed by atoms with E-state index >= 15 is 0 Å². The van der Waals surface area contributed by atoms with Crippen LogP contribution in [0.5, 0.6) is 5.88 Å². The summed E-state index contributed by atoms with van der Waals surface area (Å²) >= 11 is 0. The maximum atomic E-state index is 13.2. The molecule has 2 N–H and O–H groups in total. The van der Waals surface area contributed by atoms with Crippen LogP contribution in [0.15, 0.2) is 27.8 Å². The van der Waals surface area contributed by atoms with Crippen LogP contribution in [0.4, 0.5) is 13.2 Å². The van der Waals surface area contributed by atoms with Gasteiger partial charge >= 0.3 is 5.69 Å². The second-order valence-corrected chi connectivity index (χ2v) is 4.08. The van der Waals surface area contributed by atoms with E-state index in [1.165, 1.54) is 0 Å². The normalized spacial score (nSPS) is 10.8. The molecule has 8 heteroatoms. The SMILES string of the molecule is O=c1[nH]c(=O)n(CCc2cc(F)cc(F)c2)c(O)c1F. The molecule has 1 aromatic heterocycles. The molecule has 0 saturated carbocycles. The zero-order valence-electron chi connectivity index (χ0n) is 9.99. The molecular weight excluding hydrogens is 277 g/mol. The molecule has 5 nitrogen and oxygen atoms in total. The average molecular weight is 286 g/mol. The van der Waals surface area contributed by atoms with E-state index in [1.807, 2.05) is 0 Å². The number of aromatic hydroxyl groups is 1. The smallest absolute Gasteiger partial charge is 0.331 e. The summed E-state index contributed by atoms with van der Waals surface area (Å²) in [5.41, 5.74) is -2.12. The molecule has 0 saturated heterocycles. The van der Waals surface area contributed by atoms with Crippen molar-refractivity contribution < 1.29 is 18.3 Å². The number of halogens is 3. The Morgan fingerprint density at radius 3 is 2.30 bits per heavy atom. The van der Waals surface area contributed by atoms with Gasteiger partial charge in [0.25, 0.3) is 5.56 Å². The number of hydrogen-bond donors (Lipinski definition) is 2. The van der Waals surface area contributed by atoms with Gasteiger partial charge in [-0.25, -0.2) is 13.6 Å². The Labute approximate surface area is 109 Å². The van der Waals surface area contributed by atoms with Gasteiger partial charge in [0.2, 0.25) is 11.7 Å². The van der Waals surface area contributed by atoms with Crippen molar-refractivity contribution in [1.82, 2.24) is 9.55 Å². The standard InChI is InChI=1S/C12H9F3N2O3/c13-7-3-6(4-8(14)5-7)1-2-17-11(19)9(15)10(18)16-12(17)20/h3-5,19H,1-2H2,(H,16,18,20). The van der Waals surface area contributed by atoms with Crippen molar-refractivity contribution in [3.05, 3.63) is 62.1 Å². The lowest BCUT2D eigenvalue weighted by Crippen LogP contribution is -2.32. The van der Waals surface area contributed by atoms with E-state index in [-0.39, 0.29) is 18.5 Å². The number of hydrogen-bond acceptors (Lipinski definition) is 3. The molecule has 0 aliphatic heterocycles. The molecular formula is C12H9F3N2O3. The quantitative estimate of drug-likeness (QED) is 0.880. The zero-order valence-corrected chi connectivity index (χ0v) is 9.99. The van der Waals surface area contributed by atoms with E-state index in [4.69, 9.17) is 0 Å². The highest BCUT2D eigenvalue weighted by atomic mass is 19.1. The summed E-state index contributed by atoms with van der Waals surface area (Å²) < 4.78 is 39.6. The molecule has 20 heavy (non-hydrogen) atoms. The first kappa shape index (κ1) is 13.9. The number of nitrogens with zero attached hydrogens (tertiary/aromatic N) is 1. The van der Waals surface area contributed by atoms with Crippen LogP contribution in [0, 0.1) is 17.5 Å². The summed E-state index contributed by atoms with van der Waals surface area (Å²) in [6.07, 6.45) is -0.0341. The number of aromatic nitrogens is 2. The molecule has 0 amide bonds. The summed E-state index contributed by atoms with van der Waals surface area (Å²) in [7, 11) is 0. The molecule has 1 heterocycles. The molecule has 0 bridgehead atoms. The number of nitrogens with one attached hydrogen (secondary N) is 1. The second kappa shape index (κ2) is 5.24. The van der Waals surface area contributed by atoms with Crippen molar-refractivity contribution in [2.24, 2.45) is 0 Å². The van der Waals surface area contributed by atoms with Gasteiger partial charge in [0, 0.05) is 12.6 Å². The van der Waals surface area contributed by atoms with E-state index in [1.54, 1.807) is 4.98 Å². The number of benzene rings is 1. The fourth-order valence-corrected chi connectivity index (χ4v) is 1.74. The largest absolute Gasteiger partial charge is 0.492 e. The summed E-state index contributed by atoms with van der Waals surface area (Å²) in [4.78, 5) is 23.9. The monoisotopic (exact) mass is 286 g/mol. The highest BCUT2D eigenvalue weighted by Crippen LogP contribution is 2.12. The first-order chi connectivity index (χ1) is 9.38. The third kappa shape index (κ3) is 2.73. The summed E-state index contributed by atoms with van der Waals surface area (Å²) in [5.74, 6) is -4.18. The summed E-state index contributed by atoms with van der Waals surface area (Å²) in [6, 6.07) is 2.78. The summed E-state index contributed by atoms with van der Waals surface area (Å²) in [5, 5.41) is 9.37. The Bertz CT molecular complexity index is 747. The minimum Gasteiger partial charge on any atom is -0.492 e. The van der Waals surface area contributed by atoms with E-state index in [2.05, 4.69) is 0 Å². The molecule has 0 aliphatic rings. The van der Waals surface area contributed by atoms with Gasteiger partial charge in [0.05, 0.1) is 0 Å². The maximum absolute atomic E-state index is 13.2. The van der Waals surface area contributed by atoms with Crippen LogP contribution < -0.4 is 11.2 Å². The fraction of sp³-hybridized carbons (Fsp3) is 0.167. The van der Waals surface area contributed by atoms with Crippen LogP contribution in [0.2, 0.25) is 0 Å². The van der Waals surface area contributed by atoms with Crippen LogP contribution in [0.1, 0.15) is 5.56 Å². The third-order valence-electron chi connectivity index (χ3n) is 2.66. The van der Waals surface area contributed by atoms with Crippen LogP contribution in [0.3, 0.4) is 0 Å². The van der Waals surface area contributed by atoms with Gasteiger partial charge in [-0.05, 0) is 24.1 Å². The van der Waals surface area contributed by atoms with Gasteiger partial charge in [-0.3, -0.25) is 14.3 Å². The molecule has 0 unspecified atom stereocenters. The molecule has 106 valence electrons. The van der Waals surface area contributed by atoms with Crippen molar-refractivity contribution in [2.75, 3.05) is 0 Å². The van der Waals surface area contributed by atoms with Crippen molar-refractivity contribution in [3.63, 3.8) is 0 Å². The highest BCUT2D eigenvalue weighted by Gasteiger charge is 2.13. The van der Waals surface area contributed by atoms with Crippen molar-refractivity contribution in [3.8, 4) is 5.88 Å².